The number of hydrogen-bond donors (Lipinski definition) is 1. The summed E-state index contributed by atoms with van der Waals surface area (Å²) in [5, 5.41) is 0. The van der Waals surface area contributed by atoms with Crippen molar-refractivity contribution in [3.63, 3.8) is 0 Å². The van der Waals surface area contributed by atoms with Crippen molar-refractivity contribution in [3.8, 4) is 22.5 Å². The van der Waals surface area contributed by atoms with Crippen molar-refractivity contribution >= 4 is 28.6 Å². The Morgan fingerprint density at radius 2 is 1.79 bits per heavy atom. The second-order valence-electron chi connectivity index (χ2n) is 8.36. The molecule has 2 N–H and O–H groups in total. The number of nitrogen functional groups attached to an aromatic ring is 1. The number of carbonyl (C=O) groups is 1. The molecule has 1 saturated heterocycles. The van der Waals surface area contributed by atoms with Crippen molar-refractivity contribution in [2.45, 2.75) is 20.3 Å². The van der Waals surface area contributed by atoms with E-state index in [1.165, 1.54) is 0 Å². The molecule has 3 aromatic heterocycles. The van der Waals surface area contributed by atoms with Gasteiger partial charge in [-0.05, 0) is 36.6 Å². The normalized spacial score (nSPS) is 13.9. The third-order valence-corrected chi connectivity index (χ3v) is 5.95. The minimum atomic E-state index is 0.134. The summed E-state index contributed by atoms with van der Waals surface area (Å²) in [7, 11) is 0. The molecule has 0 spiro atoms. The van der Waals surface area contributed by atoms with Gasteiger partial charge < -0.3 is 15.4 Å². The second-order valence-corrected chi connectivity index (χ2v) is 8.36. The van der Waals surface area contributed by atoms with Gasteiger partial charge >= 0.3 is 0 Å². The molecular weight excluding hydrogens is 430 g/mol. The zero-order valence-corrected chi connectivity index (χ0v) is 19.2. The molecule has 1 fully saturated rings. The lowest BCUT2D eigenvalue weighted by molar-refractivity contribution is -0.116. The minimum Gasteiger partial charge on any atom is -0.378 e. The lowest BCUT2D eigenvalue weighted by Gasteiger charge is -2.28. The van der Waals surface area contributed by atoms with Gasteiger partial charge in [0, 0.05) is 43.7 Å². The molecule has 0 amide bonds. The SMILES string of the molecule is CC(=O)Cc1cccc(-c2cnc3c(N4CCOCC4)nc(-c4cnc(N)nc4)nc3c2)c1C. The summed E-state index contributed by atoms with van der Waals surface area (Å²) in [6, 6.07) is 8.03. The van der Waals surface area contributed by atoms with Crippen LogP contribution in [0.4, 0.5) is 11.8 Å². The van der Waals surface area contributed by atoms with Gasteiger partial charge in [-0.2, -0.15) is 0 Å². The van der Waals surface area contributed by atoms with Crippen molar-refractivity contribution in [1.82, 2.24) is 24.9 Å². The van der Waals surface area contributed by atoms with Crippen LogP contribution >= 0.6 is 0 Å². The van der Waals surface area contributed by atoms with Crippen molar-refractivity contribution < 1.29 is 9.53 Å². The fourth-order valence-corrected chi connectivity index (χ4v) is 4.18. The average molecular weight is 456 g/mol. The van der Waals surface area contributed by atoms with Crippen LogP contribution in [-0.4, -0.2) is 57.0 Å². The zero-order valence-electron chi connectivity index (χ0n) is 19.2. The Morgan fingerprint density at radius 3 is 2.53 bits per heavy atom. The fourth-order valence-electron chi connectivity index (χ4n) is 4.18. The number of ether oxygens (including phenoxy) is 1. The molecule has 9 nitrogen and oxygen atoms in total. The van der Waals surface area contributed by atoms with E-state index in [1.54, 1.807) is 19.3 Å². The van der Waals surface area contributed by atoms with E-state index in [1.807, 2.05) is 37.4 Å². The van der Waals surface area contributed by atoms with Gasteiger partial charge in [0.05, 0.1) is 24.3 Å². The van der Waals surface area contributed by atoms with E-state index in [0.717, 1.165) is 52.2 Å². The third-order valence-electron chi connectivity index (χ3n) is 5.95. The first-order chi connectivity index (χ1) is 16.5. The highest BCUT2D eigenvalue weighted by molar-refractivity contribution is 5.90. The van der Waals surface area contributed by atoms with E-state index >= 15 is 0 Å². The van der Waals surface area contributed by atoms with E-state index in [0.29, 0.717) is 31.0 Å². The van der Waals surface area contributed by atoms with E-state index in [4.69, 9.17) is 25.4 Å². The quantitative estimate of drug-likeness (QED) is 0.484. The molecule has 0 radical (unpaired) electrons. The third kappa shape index (κ3) is 4.29. The largest absolute Gasteiger partial charge is 0.378 e. The summed E-state index contributed by atoms with van der Waals surface area (Å²) in [4.78, 5) is 36.5. The Hall–Kier alpha value is -3.98. The fraction of sp³-hybridized carbons (Fsp3) is 0.280. The summed E-state index contributed by atoms with van der Waals surface area (Å²) in [6.45, 7) is 6.35. The van der Waals surface area contributed by atoms with E-state index in [-0.39, 0.29) is 11.7 Å². The molecular formula is C25H25N7O2. The smallest absolute Gasteiger partial charge is 0.219 e. The van der Waals surface area contributed by atoms with Gasteiger partial charge in [0.25, 0.3) is 0 Å². The highest BCUT2D eigenvalue weighted by atomic mass is 16.5. The van der Waals surface area contributed by atoms with Crippen molar-refractivity contribution in [1.29, 1.82) is 0 Å². The Balaban J connectivity index is 1.66. The summed E-state index contributed by atoms with van der Waals surface area (Å²) >= 11 is 0. The van der Waals surface area contributed by atoms with Crippen LogP contribution in [0.3, 0.4) is 0 Å². The number of hydrogen-bond acceptors (Lipinski definition) is 9. The van der Waals surface area contributed by atoms with Gasteiger partial charge in [-0.25, -0.2) is 19.9 Å². The number of benzene rings is 1. The van der Waals surface area contributed by atoms with Crippen LogP contribution in [0.15, 0.2) is 42.9 Å². The molecule has 172 valence electrons. The first kappa shape index (κ1) is 21.8. The van der Waals surface area contributed by atoms with Crippen LogP contribution in [0.5, 0.6) is 0 Å². The molecule has 4 aromatic rings. The Kier molecular flexibility index (Phi) is 5.85. The Morgan fingerprint density at radius 1 is 1.06 bits per heavy atom. The van der Waals surface area contributed by atoms with Crippen LogP contribution in [0.1, 0.15) is 18.1 Å². The van der Waals surface area contributed by atoms with Crippen molar-refractivity contribution in [3.05, 3.63) is 54.0 Å². The van der Waals surface area contributed by atoms with Gasteiger partial charge in [0.15, 0.2) is 11.6 Å². The maximum atomic E-state index is 11.7. The maximum Gasteiger partial charge on any atom is 0.219 e. The molecule has 0 bridgehead atoms. The first-order valence-corrected chi connectivity index (χ1v) is 11.2. The molecule has 4 heterocycles. The predicted molar refractivity (Wildman–Crippen MR) is 130 cm³/mol. The Bertz CT molecular complexity index is 1370. The molecule has 0 unspecified atom stereocenters. The van der Waals surface area contributed by atoms with Crippen LogP contribution < -0.4 is 10.6 Å². The van der Waals surface area contributed by atoms with Gasteiger partial charge in [0.2, 0.25) is 5.95 Å². The molecule has 0 saturated carbocycles. The summed E-state index contributed by atoms with van der Waals surface area (Å²) in [5.74, 6) is 1.60. The molecule has 1 aliphatic rings. The number of fused-ring (bicyclic) bond motifs is 1. The van der Waals surface area contributed by atoms with Gasteiger partial charge in [-0.1, -0.05) is 18.2 Å². The van der Waals surface area contributed by atoms with Gasteiger partial charge in [-0.3, -0.25) is 9.78 Å². The summed E-state index contributed by atoms with van der Waals surface area (Å²) in [5.41, 5.74) is 11.8. The topological polar surface area (TPSA) is 120 Å². The number of anilines is 2. The van der Waals surface area contributed by atoms with E-state index in [9.17, 15) is 4.79 Å². The van der Waals surface area contributed by atoms with E-state index < -0.39 is 0 Å². The molecule has 1 aromatic carbocycles. The molecule has 0 atom stereocenters. The van der Waals surface area contributed by atoms with Crippen LogP contribution in [0.2, 0.25) is 0 Å². The number of Topliss-reactive ketones (excluding diaryl/α,β-unsaturated/α-hetero) is 1. The number of nitrogens with two attached hydrogens (primary N) is 1. The molecule has 5 rings (SSSR count). The molecule has 0 aliphatic carbocycles. The lowest BCUT2D eigenvalue weighted by Crippen LogP contribution is -2.37. The first-order valence-electron chi connectivity index (χ1n) is 11.2. The number of carbonyl (C=O) groups excluding carboxylic acids is 1. The number of aromatic nitrogens is 5. The van der Waals surface area contributed by atoms with E-state index in [2.05, 4.69) is 14.9 Å². The number of morpholine rings is 1. The van der Waals surface area contributed by atoms with Gasteiger partial charge in [0.1, 0.15) is 11.3 Å². The number of ketones is 1. The molecule has 34 heavy (non-hydrogen) atoms. The lowest BCUT2D eigenvalue weighted by atomic mass is 9.95. The number of rotatable bonds is 5. The van der Waals surface area contributed by atoms with Crippen LogP contribution in [-0.2, 0) is 16.0 Å². The highest BCUT2D eigenvalue weighted by Gasteiger charge is 2.20. The molecule has 1 aliphatic heterocycles. The monoisotopic (exact) mass is 455 g/mol. The second kappa shape index (κ2) is 9.11. The number of pyridine rings is 1. The molecule has 9 heteroatoms. The highest BCUT2D eigenvalue weighted by Crippen LogP contribution is 2.31. The average Bonchev–Trinajstić information content (AvgIpc) is 2.85. The summed E-state index contributed by atoms with van der Waals surface area (Å²) < 4.78 is 5.53. The summed E-state index contributed by atoms with van der Waals surface area (Å²) in [6.07, 6.45) is 5.51. The van der Waals surface area contributed by atoms with Gasteiger partial charge in [-0.15, -0.1) is 0 Å². The van der Waals surface area contributed by atoms with Crippen LogP contribution in [0.25, 0.3) is 33.5 Å². The predicted octanol–water partition coefficient (Wildman–Crippen LogP) is 3.01. The number of nitrogens with zero attached hydrogens (tertiary/aromatic N) is 6. The van der Waals surface area contributed by atoms with Crippen LogP contribution in [0, 0.1) is 6.92 Å². The van der Waals surface area contributed by atoms with Crippen molar-refractivity contribution in [2.24, 2.45) is 0 Å². The standard InChI is InChI=1S/C25H25N7O2/c1-15(33)10-17-4-3-5-20(16(17)2)18-11-21-22(27-12-18)24(32-6-8-34-9-7-32)31-23(30-21)19-13-28-25(26)29-14-19/h3-5,11-14H,6-10H2,1-2H3,(H2,26,28,29). The zero-order chi connectivity index (χ0) is 23.7. The minimum absolute atomic E-state index is 0.134. The van der Waals surface area contributed by atoms with Crippen molar-refractivity contribution in [2.75, 3.05) is 36.9 Å². The maximum absolute atomic E-state index is 11.7. The Labute approximate surface area is 197 Å².